The quantitative estimate of drug-likeness (QED) is 0.275. The molecule has 2 N–H and O–H groups in total. The largest absolute Gasteiger partial charge is 0.465 e. The van der Waals surface area contributed by atoms with E-state index < -0.39 is 50.9 Å². The van der Waals surface area contributed by atoms with Crippen molar-refractivity contribution in [3.63, 3.8) is 0 Å². The van der Waals surface area contributed by atoms with Crippen molar-refractivity contribution in [2.45, 2.75) is 18.4 Å². The summed E-state index contributed by atoms with van der Waals surface area (Å²) in [6.45, 7) is -1.79. The van der Waals surface area contributed by atoms with Gasteiger partial charge >= 0.3 is 18.6 Å². The maximum Gasteiger partial charge on any atom is 0.388 e. The number of halogens is 2. The molecule has 16 heteroatoms. The summed E-state index contributed by atoms with van der Waals surface area (Å²) in [6.07, 6.45) is 0. The second-order valence-electron chi connectivity index (χ2n) is 5.47. The van der Waals surface area contributed by atoms with Crippen molar-refractivity contribution in [3.05, 3.63) is 46.0 Å². The Morgan fingerprint density at radius 3 is 2.58 bits per heavy atom. The van der Waals surface area contributed by atoms with E-state index in [-0.39, 0.29) is 11.4 Å². The minimum Gasteiger partial charge on any atom is -0.465 e. The van der Waals surface area contributed by atoms with Crippen LogP contribution < -0.4 is 14.8 Å². The first-order valence-corrected chi connectivity index (χ1v) is 9.46. The second-order valence-corrected chi connectivity index (χ2v) is 7.12. The maximum absolute atomic E-state index is 12.6. The van der Waals surface area contributed by atoms with Gasteiger partial charge in [0.1, 0.15) is 4.90 Å². The SMILES string of the molecule is COC(=O)c1ccc(N=[N+]=[N-])cc1S(=O)(=O)NC(=O)Nc1nc(C)cc(OC(F)F)n1. The van der Waals surface area contributed by atoms with Gasteiger partial charge in [-0.25, -0.2) is 27.7 Å². The Bertz CT molecular complexity index is 1170. The zero-order valence-electron chi connectivity index (χ0n) is 15.7. The molecule has 0 saturated heterocycles. The number of azide groups is 1. The van der Waals surface area contributed by atoms with E-state index in [1.165, 1.54) is 6.92 Å². The lowest BCUT2D eigenvalue weighted by molar-refractivity contribution is -0.0528. The summed E-state index contributed by atoms with van der Waals surface area (Å²) in [5.41, 5.74) is 8.05. The van der Waals surface area contributed by atoms with Crippen LogP contribution in [0.2, 0.25) is 0 Å². The molecule has 1 aromatic heterocycles. The number of aryl methyl sites for hydroxylation is 1. The van der Waals surface area contributed by atoms with Gasteiger partial charge in [0.2, 0.25) is 11.8 Å². The molecule has 13 nitrogen and oxygen atoms in total. The minimum atomic E-state index is -4.70. The van der Waals surface area contributed by atoms with E-state index in [9.17, 15) is 26.8 Å². The molecule has 0 saturated carbocycles. The first-order valence-electron chi connectivity index (χ1n) is 7.97. The van der Waals surface area contributed by atoms with Crippen LogP contribution in [-0.2, 0) is 14.8 Å². The van der Waals surface area contributed by atoms with Crippen LogP contribution in [0.1, 0.15) is 16.1 Å². The van der Waals surface area contributed by atoms with Crippen molar-refractivity contribution in [1.82, 2.24) is 14.7 Å². The van der Waals surface area contributed by atoms with Gasteiger partial charge in [0.05, 0.1) is 12.7 Å². The van der Waals surface area contributed by atoms with Crippen molar-refractivity contribution in [2.75, 3.05) is 12.4 Å². The average Bonchev–Trinajstić information content (AvgIpc) is 2.66. The van der Waals surface area contributed by atoms with E-state index >= 15 is 0 Å². The lowest BCUT2D eigenvalue weighted by atomic mass is 10.2. The molecule has 0 aliphatic heterocycles. The molecule has 2 aromatic rings. The average molecular weight is 457 g/mol. The summed E-state index contributed by atoms with van der Waals surface area (Å²) in [5.74, 6) is -2.13. The number of amides is 2. The van der Waals surface area contributed by atoms with Crippen LogP contribution in [0, 0.1) is 6.92 Å². The Morgan fingerprint density at radius 2 is 1.97 bits per heavy atom. The Kier molecular flexibility index (Phi) is 7.23. The number of urea groups is 1. The van der Waals surface area contributed by atoms with Gasteiger partial charge in [-0.15, -0.1) is 0 Å². The fraction of sp³-hybridized carbons (Fsp3) is 0.200. The van der Waals surface area contributed by atoms with Gasteiger partial charge in [0.15, 0.2) is 0 Å². The van der Waals surface area contributed by atoms with Crippen LogP contribution in [0.5, 0.6) is 5.88 Å². The van der Waals surface area contributed by atoms with E-state index in [2.05, 4.69) is 29.5 Å². The van der Waals surface area contributed by atoms with Crippen molar-refractivity contribution >= 4 is 33.7 Å². The number of carbonyl (C=O) groups excluding carboxylic acids is 2. The molecule has 164 valence electrons. The molecular formula is C15H13F2N7O6S. The van der Waals surface area contributed by atoms with Crippen molar-refractivity contribution in [2.24, 2.45) is 5.11 Å². The molecule has 1 heterocycles. The lowest BCUT2D eigenvalue weighted by Crippen LogP contribution is -2.35. The van der Waals surface area contributed by atoms with E-state index in [4.69, 9.17) is 5.53 Å². The number of benzene rings is 1. The number of ether oxygens (including phenoxy) is 2. The lowest BCUT2D eigenvalue weighted by Gasteiger charge is -2.12. The highest BCUT2D eigenvalue weighted by Crippen LogP contribution is 2.24. The van der Waals surface area contributed by atoms with Gasteiger partial charge < -0.3 is 9.47 Å². The fourth-order valence-electron chi connectivity index (χ4n) is 2.18. The Hall–Kier alpha value is -4.04. The molecular weight excluding hydrogens is 444 g/mol. The summed E-state index contributed by atoms with van der Waals surface area (Å²) >= 11 is 0. The number of anilines is 1. The monoisotopic (exact) mass is 457 g/mol. The second kappa shape index (κ2) is 9.64. The first kappa shape index (κ1) is 23.2. The van der Waals surface area contributed by atoms with Gasteiger partial charge in [0.25, 0.3) is 10.0 Å². The van der Waals surface area contributed by atoms with E-state index in [1.54, 1.807) is 4.72 Å². The number of carbonyl (C=O) groups is 2. The first-order chi connectivity index (χ1) is 14.6. The van der Waals surface area contributed by atoms with Gasteiger partial charge in [-0.3, -0.25) is 5.32 Å². The van der Waals surface area contributed by atoms with E-state index in [1.807, 2.05) is 5.32 Å². The Balaban J connectivity index is 2.33. The number of aromatic nitrogens is 2. The molecule has 0 fully saturated rings. The number of esters is 1. The molecule has 0 aliphatic carbocycles. The van der Waals surface area contributed by atoms with Crippen molar-refractivity contribution < 1.29 is 36.3 Å². The standard InChI is InChI=1S/C15H13F2N7O6S/c1-7-5-11(30-13(16)17)20-14(19-7)21-15(26)23-31(27,28)10-6-8(22-24-18)3-4-9(10)12(25)29-2/h3-6,13H,1-2H3,(H2,19,20,21,23,26). The normalized spacial score (nSPS) is 10.7. The third-order valence-electron chi connectivity index (χ3n) is 3.31. The summed E-state index contributed by atoms with van der Waals surface area (Å²) < 4.78 is 60.2. The molecule has 0 aliphatic rings. The Morgan fingerprint density at radius 1 is 1.26 bits per heavy atom. The summed E-state index contributed by atoms with van der Waals surface area (Å²) in [4.78, 5) is 33.1. The topological polar surface area (TPSA) is 185 Å². The van der Waals surface area contributed by atoms with Crippen LogP contribution in [0.4, 0.5) is 25.2 Å². The van der Waals surface area contributed by atoms with Gasteiger partial charge in [-0.1, -0.05) is 11.2 Å². The number of hydrogen-bond acceptors (Lipinski definition) is 9. The highest BCUT2D eigenvalue weighted by Gasteiger charge is 2.26. The zero-order chi connectivity index (χ0) is 23.2. The number of alkyl halides is 2. The third kappa shape index (κ3) is 6.22. The molecule has 0 atom stereocenters. The summed E-state index contributed by atoms with van der Waals surface area (Å²) in [7, 11) is -3.69. The predicted octanol–water partition coefficient (Wildman–Crippen LogP) is 2.63. The molecule has 1 aromatic carbocycles. The number of rotatable bonds is 7. The third-order valence-corrected chi connectivity index (χ3v) is 4.68. The summed E-state index contributed by atoms with van der Waals surface area (Å²) in [6, 6.07) is 2.73. The summed E-state index contributed by atoms with van der Waals surface area (Å²) in [5, 5.41) is 5.19. The molecule has 0 unspecified atom stereocenters. The van der Waals surface area contributed by atoms with Crippen LogP contribution in [0.25, 0.3) is 10.4 Å². The van der Waals surface area contributed by atoms with Crippen LogP contribution >= 0.6 is 0 Å². The molecule has 0 radical (unpaired) electrons. The maximum atomic E-state index is 12.6. The number of methoxy groups -OCH3 is 1. The minimum absolute atomic E-state index is 0.138. The van der Waals surface area contributed by atoms with Gasteiger partial charge in [0, 0.05) is 22.4 Å². The number of hydrogen-bond donors (Lipinski definition) is 2. The van der Waals surface area contributed by atoms with Crippen LogP contribution in [0.3, 0.4) is 0 Å². The molecule has 2 amide bonds. The van der Waals surface area contributed by atoms with Crippen molar-refractivity contribution in [3.8, 4) is 5.88 Å². The number of sulfonamides is 1. The molecule has 31 heavy (non-hydrogen) atoms. The number of nitrogens with zero attached hydrogens (tertiary/aromatic N) is 5. The molecule has 0 bridgehead atoms. The van der Waals surface area contributed by atoms with E-state index in [0.717, 1.165) is 31.4 Å². The predicted molar refractivity (Wildman–Crippen MR) is 99.3 cm³/mol. The van der Waals surface area contributed by atoms with Crippen molar-refractivity contribution in [1.29, 1.82) is 0 Å². The van der Waals surface area contributed by atoms with Gasteiger partial charge in [-0.05, 0) is 24.6 Å². The van der Waals surface area contributed by atoms with E-state index in [0.29, 0.717) is 0 Å². The highest BCUT2D eigenvalue weighted by molar-refractivity contribution is 7.90. The fourth-order valence-corrected chi connectivity index (χ4v) is 3.30. The zero-order valence-corrected chi connectivity index (χ0v) is 16.6. The smallest absolute Gasteiger partial charge is 0.388 e. The highest BCUT2D eigenvalue weighted by atomic mass is 32.2. The number of nitrogens with one attached hydrogen (secondary N) is 2. The molecule has 0 spiro atoms. The van der Waals surface area contributed by atoms with Crippen LogP contribution in [0.15, 0.2) is 34.3 Å². The molecule has 2 rings (SSSR count). The van der Waals surface area contributed by atoms with Gasteiger partial charge in [-0.2, -0.15) is 13.8 Å². The Labute approximate surface area is 173 Å². The van der Waals surface area contributed by atoms with Crippen LogP contribution in [-0.4, -0.2) is 44.1 Å².